The number of rotatable bonds is 5. The van der Waals surface area contributed by atoms with Crippen LogP contribution in [0, 0.1) is 41.0 Å². The fourth-order valence-corrected chi connectivity index (χ4v) is 3.96. The first-order valence-corrected chi connectivity index (χ1v) is 9.93. The molecule has 0 aliphatic heterocycles. The maximum atomic E-state index is 14.5. The van der Waals surface area contributed by atoms with Gasteiger partial charge in [-0.2, -0.15) is 0 Å². The Kier molecular flexibility index (Phi) is 7.33. The van der Waals surface area contributed by atoms with Crippen LogP contribution in [0.4, 0.5) is 17.6 Å². The first-order chi connectivity index (χ1) is 14.0. The smallest absolute Gasteiger partial charge is 0.160 e. The molecule has 2 aromatic rings. The van der Waals surface area contributed by atoms with Crippen LogP contribution in [0.25, 0.3) is 0 Å². The molecule has 1 nitrogen and oxygen atoms in total. The van der Waals surface area contributed by atoms with Crippen molar-refractivity contribution < 1.29 is 22.3 Å². The highest BCUT2D eigenvalue weighted by atomic mass is 19.2. The molecule has 29 heavy (non-hydrogen) atoms. The molecule has 1 aliphatic rings. The van der Waals surface area contributed by atoms with Gasteiger partial charge in [0.1, 0.15) is 11.6 Å². The van der Waals surface area contributed by atoms with Gasteiger partial charge in [0.05, 0.1) is 5.56 Å². The van der Waals surface area contributed by atoms with Gasteiger partial charge in [0, 0.05) is 19.3 Å². The molecule has 1 saturated carbocycles. The van der Waals surface area contributed by atoms with Gasteiger partial charge in [-0.05, 0) is 86.3 Å². The summed E-state index contributed by atoms with van der Waals surface area (Å²) in [5.74, 6) is 2.20. The number of ether oxygens (including phenoxy) is 1. The number of hydrogen-bond acceptors (Lipinski definition) is 1. The van der Waals surface area contributed by atoms with Crippen LogP contribution in [0.2, 0.25) is 0 Å². The molecule has 2 aromatic carbocycles. The predicted octanol–water partition coefficient (Wildman–Crippen LogP) is 6.34. The van der Waals surface area contributed by atoms with Crippen molar-refractivity contribution in [1.82, 2.24) is 0 Å². The molecular weight excluding hydrogens is 380 g/mol. The van der Waals surface area contributed by atoms with Crippen molar-refractivity contribution in [3.05, 3.63) is 70.3 Å². The molecule has 3 rings (SSSR count). The van der Waals surface area contributed by atoms with E-state index in [0.29, 0.717) is 11.5 Å². The summed E-state index contributed by atoms with van der Waals surface area (Å²) in [5.41, 5.74) is 0.457. The van der Waals surface area contributed by atoms with E-state index in [4.69, 9.17) is 4.74 Å². The Labute approximate surface area is 169 Å². The van der Waals surface area contributed by atoms with Crippen LogP contribution in [0.1, 0.15) is 61.1 Å². The van der Waals surface area contributed by atoms with Gasteiger partial charge in [-0.1, -0.05) is 11.8 Å². The Balaban J connectivity index is 1.69. The second-order valence-corrected chi connectivity index (χ2v) is 7.59. The fraction of sp³-hybridized carbons (Fsp3) is 0.417. The molecule has 0 spiro atoms. The Bertz CT molecular complexity index is 882. The molecule has 0 N–H and O–H groups in total. The van der Waals surface area contributed by atoms with Crippen molar-refractivity contribution in [2.24, 2.45) is 5.92 Å². The van der Waals surface area contributed by atoms with E-state index >= 15 is 0 Å². The van der Waals surface area contributed by atoms with Crippen molar-refractivity contribution in [3.63, 3.8) is 0 Å². The van der Waals surface area contributed by atoms with E-state index < -0.39 is 23.3 Å². The van der Waals surface area contributed by atoms with Crippen molar-refractivity contribution in [3.8, 4) is 11.8 Å². The summed E-state index contributed by atoms with van der Waals surface area (Å²) in [6.07, 6.45) is 6.10. The molecule has 5 heteroatoms. The highest BCUT2D eigenvalue weighted by Crippen LogP contribution is 2.38. The minimum atomic E-state index is -1.05. The molecule has 0 saturated heterocycles. The van der Waals surface area contributed by atoms with Crippen LogP contribution in [-0.4, -0.2) is 13.7 Å². The van der Waals surface area contributed by atoms with Gasteiger partial charge in [-0.3, -0.25) is 0 Å². The number of benzene rings is 2. The topological polar surface area (TPSA) is 9.23 Å². The third-order valence-corrected chi connectivity index (χ3v) is 5.59. The SMILES string of the molecule is COCCCC1CCC(c2cc(F)c(C#Cc3ccc(F)c(F)c3)c(F)c2)CC1. The Morgan fingerprint density at radius 3 is 2.17 bits per heavy atom. The second-order valence-electron chi connectivity index (χ2n) is 7.59. The molecular formula is C24H24F4O. The average molecular weight is 404 g/mol. The maximum Gasteiger partial charge on any atom is 0.160 e. The number of halogens is 4. The summed E-state index contributed by atoms with van der Waals surface area (Å²) in [6, 6.07) is 5.81. The Morgan fingerprint density at radius 2 is 1.55 bits per heavy atom. The zero-order valence-electron chi connectivity index (χ0n) is 16.4. The zero-order valence-corrected chi connectivity index (χ0v) is 16.4. The molecule has 0 radical (unpaired) electrons. The summed E-state index contributed by atoms with van der Waals surface area (Å²) in [7, 11) is 1.70. The van der Waals surface area contributed by atoms with Crippen molar-refractivity contribution in [1.29, 1.82) is 0 Å². The standard InChI is InChI=1S/C24H24F4O/c1-29-12-2-3-16-4-8-18(9-5-16)19-14-22(26)20(23(27)15-19)10-6-17-7-11-21(25)24(28)13-17/h7,11,13-16,18H,2-5,8-9,12H2,1H3. The first-order valence-electron chi connectivity index (χ1n) is 9.93. The first kappa shape index (κ1) is 21.4. The monoisotopic (exact) mass is 404 g/mol. The van der Waals surface area contributed by atoms with E-state index in [0.717, 1.165) is 57.3 Å². The summed E-state index contributed by atoms with van der Waals surface area (Å²) in [5, 5.41) is 0. The average Bonchev–Trinajstić information content (AvgIpc) is 2.70. The van der Waals surface area contributed by atoms with Crippen molar-refractivity contribution in [2.45, 2.75) is 44.4 Å². The van der Waals surface area contributed by atoms with E-state index in [9.17, 15) is 17.6 Å². The van der Waals surface area contributed by atoms with Gasteiger partial charge < -0.3 is 4.74 Å². The van der Waals surface area contributed by atoms with Gasteiger partial charge in [-0.25, -0.2) is 17.6 Å². The molecule has 154 valence electrons. The summed E-state index contributed by atoms with van der Waals surface area (Å²) >= 11 is 0. The van der Waals surface area contributed by atoms with Crippen LogP contribution in [0.15, 0.2) is 30.3 Å². The lowest BCUT2D eigenvalue weighted by atomic mass is 9.77. The molecule has 0 unspecified atom stereocenters. The third kappa shape index (κ3) is 5.61. The van der Waals surface area contributed by atoms with Crippen LogP contribution in [0.3, 0.4) is 0 Å². The van der Waals surface area contributed by atoms with Gasteiger partial charge in [0.25, 0.3) is 0 Å². The number of hydrogen-bond donors (Lipinski definition) is 0. The predicted molar refractivity (Wildman–Crippen MR) is 105 cm³/mol. The van der Waals surface area contributed by atoms with E-state index in [2.05, 4.69) is 11.8 Å². The summed E-state index contributed by atoms with van der Waals surface area (Å²) < 4.78 is 60.3. The van der Waals surface area contributed by atoms with Crippen molar-refractivity contribution >= 4 is 0 Å². The van der Waals surface area contributed by atoms with Crippen LogP contribution < -0.4 is 0 Å². The zero-order chi connectivity index (χ0) is 20.8. The fourth-order valence-electron chi connectivity index (χ4n) is 3.96. The molecule has 0 aromatic heterocycles. The van der Waals surface area contributed by atoms with Gasteiger partial charge in [-0.15, -0.1) is 0 Å². The highest BCUT2D eigenvalue weighted by molar-refractivity contribution is 5.45. The number of methoxy groups -OCH3 is 1. The minimum absolute atomic E-state index is 0.144. The molecule has 0 atom stereocenters. The lowest BCUT2D eigenvalue weighted by Gasteiger charge is -2.29. The van der Waals surface area contributed by atoms with Crippen LogP contribution >= 0.6 is 0 Å². The molecule has 0 bridgehead atoms. The van der Waals surface area contributed by atoms with Crippen LogP contribution in [-0.2, 0) is 4.74 Å². The van der Waals surface area contributed by atoms with Crippen LogP contribution in [0.5, 0.6) is 0 Å². The van der Waals surface area contributed by atoms with Gasteiger partial charge in [0.2, 0.25) is 0 Å². The largest absolute Gasteiger partial charge is 0.385 e. The quantitative estimate of drug-likeness (QED) is 0.321. The van der Waals surface area contributed by atoms with E-state index in [1.54, 1.807) is 7.11 Å². The van der Waals surface area contributed by atoms with E-state index in [-0.39, 0.29) is 17.0 Å². The lowest BCUT2D eigenvalue weighted by Crippen LogP contribution is -2.14. The van der Waals surface area contributed by atoms with Crippen molar-refractivity contribution in [2.75, 3.05) is 13.7 Å². The molecule has 1 fully saturated rings. The minimum Gasteiger partial charge on any atom is -0.385 e. The summed E-state index contributed by atoms with van der Waals surface area (Å²) in [4.78, 5) is 0. The lowest BCUT2D eigenvalue weighted by molar-refractivity contribution is 0.180. The van der Waals surface area contributed by atoms with E-state index in [1.165, 1.54) is 18.2 Å². The highest BCUT2D eigenvalue weighted by Gasteiger charge is 2.24. The third-order valence-electron chi connectivity index (χ3n) is 5.59. The second kappa shape index (κ2) is 9.93. The molecule has 1 aliphatic carbocycles. The summed E-state index contributed by atoms with van der Waals surface area (Å²) in [6.45, 7) is 0.767. The molecule has 0 heterocycles. The van der Waals surface area contributed by atoms with Gasteiger partial charge >= 0.3 is 0 Å². The maximum absolute atomic E-state index is 14.5. The van der Waals surface area contributed by atoms with E-state index in [1.807, 2.05) is 0 Å². The molecule has 0 amide bonds. The normalized spacial score (nSPS) is 18.9. The Morgan fingerprint density at radius 1 is 0.862 bits per heavy atom. The van der Waals surface area contributed by atoms with Gasteiger partial charge in [0.15, 0.2) is 11.6 Å². The Hall–Kier alpha value is -2.32.